The standard InChI is InChI=1S/C10H19N3O4S/c1-7(18(2,16)17)10(14)13-6-4-3-5-8(13)9(11)12-15/h7-8,15H,3-6H2,1-2H3,(H2,11,12). The first-order valence-corrected chi connectivity index (χ1v) is 7.71. The zero-order valence-corrected chi connectivity index (χ0v) is 11.4. The topological polar surface area (TPSA) is 113 Å². The molecule has 18 heavy (non-hydrogen) atoms. The molecular weight excluding hydrogens is 258 g/mol. The maximum atomic E-state index is 12.1. The minimum atomic E-state index is -3.44. The molecule has 0 aromatic rings. The number of nitrogens with two attached hydrogens (primary N) is 1. The first-order chi connectivity index (χ1) is 8.29. The van der Waals surface area contributed by atoms with Gasteiger partial charge in [-0.2, -0.15) is 0 Å². The smallest absolute Gasteiger partial charge is 0.241 e. The van der Waals surface area contributed by atoms with E-state index < -0.39 is 27.0 Å². The Hall–Kier alpha value is -1.31. The molecule has 1 amide bonds. The molecule has 1 fully saturated rings. The van der Waals surface area contributed by atoms with E-state index in [9.17, 15) is 13.2 Å². The average molecular weight is 277 g/mol. The minimum absolute atomic E-state index is 0.0521. The fourth-order valence-electron chi connectivity index (χ4n) is 1.99. The van der Waals surface area contributed by atoms with Crippen LogP contribution < -0.4 is 5.73 Å². The molecule has 2 unspecified atom stereocenters. The van der Waals surface area contributed by atoms with Gasteiger partial charge in [0, 0.05) is 12.8 Å². The van der Waals surface area contributed by atoms with Gasteiger partial charge in [-0.3, -0.25) is 4.79 Å². The third-order valence-electron chi connectivity index (χ3n) is 3.23. The molecule has 1 heterocycles. The summed E-state index contributed by atoms with van der Waals surface area (Å²) >= 11 is 0. The molecule has 8 heteroatoms. The van der Waals surface area contributed by atoms with Crippen LogP contribution in [0.1, 0.15) is 26.2 Å². The number of hydrogen-bond acceptors (Lipinski definition) is 5. The van der Waals surface area contributed by atoms with Crippen LogP contribution in [0.15, 0.2) is 5.16 Å². The summed E-state index contributed by atoms with van der Waals surface area (Å²) in [7, 11) is -3.44. The Kier molecular flexibility index (Phi) is 4.55. The van der Waals surface area contributed by atoms with E-state index in [1.807, 2.05) is 0 Å². The number of nitrogens with zero attached hydrogens (tertiary/aromatic N) is 2. The van der Waals surface area contributed by atoms with E-state index in [0.29, 0.717) is 13.0 Å². The first kappa shape index (κ1) is 14.7. The van der Waals surface area contributed by atoms with Crippen molar-refractivity contribution in [2.45, 2.75) is 37.5 Å². The average Bonchev–Trinajstić information content (AvgIpc) is 2.35. The zero-order chi connectivity index (χ0) is 13.9. The predicted octanol–water partition coefficient (Wildman–Crippen LogP) is -0.453. The zero-order valence-electron chi connectivity index (χ0n) is 10.5. The van der Waals surface area contributed by atoms with E-state index in [4.69, 9.17) is 10.9 Å². The van der Waals surface area contributed by atoms with Crippen LogP contribution in [-0.2, 0) is 14.6 Å². The second kappa shape index (κ2) is 5.55. The van der Waals surface area contributed by atoms with E-state index in [-0.39, 0.29) is 5.84 Å². The summed E-state index contributed by atoms with van der Waals surface area (Å²) in [5, 5.41) is 10.5. The van der Waals surface area contributed by atoms with Crippen LogP contribution >= 0.6 is 0 Å². The molecule has 0 bridgehead atoms. The second-order valence-corrected chi connectivity index (χ2v) is 6.91. The van der Waals surface area contributed by atoms with Crippen LogP contribution in [-0.4, -0.2) is 54.4 Å². The molecular formula is C10H19N3O4S. The number of carbonyl (C=O) groups is 1. The van der Waals surface area contributed by atoms with Gasteiger partial charge >= 0.3 is 0 Å². The second-order valence-electron chi connectivity index (χ2n) is 4.54. The summed E-state index contributed by atoms with van der Waals surface area (Å²) in [5.41, 5.74) is 5.54. The van der Waals surface area contributed by atoms with Gasteiger partial charge in [0.25, 0.3) is 0 Å². The van der Waals surface area contributed by atoms with Gasteiger partial charge in [-0.05, 0) is 26.2 Å². The van der Waals surface area contributed by atoms with Crippen LogP contribution in [0.4, 0.5) is 0 Å². The molecule has 3 N–H and O–H groups in total. The number of rotatable bonds is 3. The van der Waals surface area contributed by atoms with Crippen molar-refractivity contribution in [3.05, 3.63) is 0 Å². The number of likely N-dealkylation sites (tertiary alicyclic amines) is 1. The summed E-state index contributed by atoms with van der Waals surface area (Å²) < 4.78 is 22.8. The molecule has 0 aromatic carbocycles. The number of hydrogen-bond donors (Lipinski definition) is 2. The van der Waals surface area contributed by atoms with Gasteiger partial charge in [0.2, 0.25) is 5.91 Å². The molecule has 7 nitrogen and oxygen atoms in total. The van der Waals surface area contributed by atoms with E-state index in [0.717, 1.165) is 19.1 Å². The lowest BCUT2D eigenvalue weighted by molar-refractivity contribution is -0.132. The van der Waals surface area contributed by atoms with Crippen LogP contribution in [0.3, 0.4) is 0 Å². The van der Waals surface area contributed by atoms with Gasteiger partial charge < -0.3 is 15.8 Å². The van der Waals surface area contributed by atoms with Crippen LogP contribution in [0.2, 0.25) is 0 Å². The van der Waals surface area contributed by atoms with Crippen molar-refractivity contribution in [2.24, 2.45) is 10.9 Å². The summed E-state index contributed by atoms with van der Waals surface area (Å²) in [5.74, 6) is -0.544. The van der Waals surface area contributed by atoms with Crippen molar-refractivity contribution in [3.8, 4) is 0 Å². The highest BCUT2D eigenvalue weighted by Crippen LogP contribution is 2.19. The molecule has 0 saturated carbocycles. The largest absolute Gasteiger partial charge is 0.409 e. The highest BCUT2D eigenvalue weighted by atomic mass is 32.2. The summed E-state index contributed by atoms with van der Waals surface area (Å²) in [6.45, 7) is 1.79. The van der Waals surface area contributed by atoms with Crippen LogP contribution in [0.25, 0.3) is 0 Å². The Labute approximate surface area is 107 Å². The first-order valence-electron chi connectivity index (χ1n) is 5.75. The SMILES string of the molecule is CC(C(=O)N1CCCCC1C(N)=NO)S(C)(=O)=O. The molecule has 0 spiro atoms. The van der Waals surface area contributed by atoms with Crippen molar-refractivity contribution in [2.75, 3.05) is 12.8 Å². The van der Waals surface area contributed by atoms with Crippen molar-refractivity contribution in [1.29, 1.82) is 0 Å². The van der Waals surface area contributed by atoms with Crippen molar-refractivity contribution in [1.82, 2.24) is 4.90 Å². The van der Waals surface area contributed by atoms with Crippen LogP contribution in [0, 0.1) is 0 Å². The number of oxime groups is 1. The van der Waals surface area contributed by atoms with Crippen molar-refractivity contribution < 1.29 is 18.4 Å². The third-order valence-corrected chi connectivity index (χ3v) is 4.72. The van der Waals surface area contributed by atoms with Gasteiger partial charge in [-0.15, -0.1) is 0 Å². The Morgan fingerprint density at radius 2 is 2.11 bits per heavy atom. The molecule has 1 aliphatic rings. The maximum absolute atomic E-state index is 12.1. The number of carbonyl (C=O) groups excluding carboxylic acids is 1. The normalized spacial score (nSPS) is 23.8. The fourth-order valence-corrected chi connectivity index (χ4v) is 2.49. The molecule has 104 valence electrons. The molecule has 0 radical (unpaired) electrons. The van der Waals surface area contributed by atoms with E-state index in [2.05, 4.69) is 5.16 Å². The lowest BCUT2D eigenvalue weighted by atomic mass is 10.0. The number of sulfone groups is 1. The Morgan fingerprint density at radius 1 is 1.50 bits per heavy atom. The Balaban J connectivity index is 2.94. The number of piperidine rings is 1. The molecule has 0 aromatic heterocycles. The summed E-state index contributed by atoms with van der Waals surface area (Å²) in [4.78, 5) is 13.5. The highest BCUT2D eigenvalue weighted by Gasteiger charge is 2.35. The van der Waals surface area contributed by atoms with Gasteiger partial charge in [-0.25, -0.2) is 8.42 Å². The monoisotopic (exact) mass is 277 g/mol. The van der Waals surface area contributed by atoms with E-state index in [1.54, 1.807) is 0 Å². The lowest BCUT2D eigenvalue weighted by Crippen LogP contribution is -2.54. The summed E-state index contributed by atoms with van der Waals surface area (Å²) in [6, 6.07) is -0.513. The molecule has 2 atom stereocenters. The maximum Gasteiger partial charge on any atom is 0.241 e. The summed E-state index contributed by atoms with van der Waals surface area (Å²) in [6.07, 6.45) is 3.26. The fraction of sp³-hybridized carbons (Fsp3) is 0.800. The van der Waals surface area contributed by atoms with Gasteiger partial charge in [0.1, 0.15) is 5.25 Å². The number of amidine groups is 1. The molecule has 1 aliphatic heterocycles. The molecule has 1 saturated heterocycles. The highest BCUT2D eigenvalue weighted by molar-refractivity contribution is 7.92. The Morgan fingerprint density at radius 3 is 2.61 bits per heavy atom. The van der Waals surface area contributed by atoms with Crippen molar-refractivity contribution >= 4 is 21.6 Å². The minimum Gasteiger partial charge on any atom is -0.409 e. The quantitative estimate of drug-likeness (QED) is 0.314. The van der Waals surface area contributed by atoms with Gasteiger partial charge in [0.15, 0.2) is 15.7 Å². The Bertz CT molecular complexity index is 446. The third kappa shape index (κ3) is 3.12. The van der Waals surface area contributed by atoms with Gasteiger partial charge in [-0.1, -0.05) is 5.16 Å². The lowest BCUT2D eigenvalue weighted by Gasteiger charge is -2.36. The number of amides is 1. The molecule has 0 aliphatic carbocycles. The van der Waals surface area contributed by atoms with Crippen molar-refractivity contribution in [3.63, 3.8) is 0 Å². The van der Waals surface area contributed by atoms with Crippen LogP contribution in [0.5, 0.6) is 0 Å². The molecule has 1 rings (SSSR count). The predicted molar refractivity (Wildman–Crippen MR) is 67.1 cm³/mol. The van der Waals surface area contributed by atoms with E-state index in [1.165, 1.54) is 11.8 Å². The van der Waals surface area contributed by atoms with E-state index >= 15 is 0 Å². The van der Waals surface area contributed by atoms with Gasteiger partial charge in [0.05, 0.1) is 6.04 Å².